The van der Waals surface area contributed by atoms with Crippen LogP contribution in [0, 0.1) is 0 Å². The predicted molar refractivity (Wildman–Crippen MR) is 83.8 cm³/mol. The molecule has 0 spiro atoms. The van der Waals surface area contributed by atoms with Crippen molar-refractivity contribution in [3.8, 4) is 0 Å². The number of likely N-dealkylation sites (N-methyl/N-ethyl adjacent to an activating group) is 1. The number of alkyl halides is 3. The molecule has 0 aliphatic rings. The third-order valence-corrected chi connectivity index (χ3v) is 5.13. The Balaban J connectivity index is 2.85. The molecule has 9 heteroatoms. The summed E-state index contributed by atoms with van der Waals surface area (Å²) in [6, 6.07) is 7.42. The fourth-order valence-electron chi connectivity index (χ4n) is 2.01. The van der Waals surface area contributed by atoms with E-state index in [9.17, 15) is 26.4 Å². The van der Waals surface area contributed by atoms with Gasteiger partial charge in [-0.05, 0) is 18.6 Å². The molecule has 136 valence electrons. The largest absolute Gasteiger partial charge is 0.406 e. The zero-order valence-corrected chi connectivity index (χ0v) is 14.4. The minimum atomic E-state index is -4.53. The molecule has 0 aromatic heterocycles. The van der Waals surface area contributed by atoms with Crippen LogP contribution in [0.15, 0.2) is 35.2 Å². The highest BCUT2D eigenvalue weighted by molar-refractivity contribution is 7.89. The molecule has 0 aliphatic carbocycles. The molecule has 5 nitrogen and oxygen atoms in total. The molecule has 0 bridgehead atoms. The number of carbonyl (C=O) groups excluding carboxylic acids is 1. The number of hydrogen-bond donors (Lipinski definition) is 0. The first kappa shape index (κ1) is 20.4. The number of hydrogen-bond acceptors (Lipinski definition) is 3. The van der Waals surface area contributed by atoms with Gasteiger partial charge in [-0.3, -0.25) is 4.79 Å². The molecule has 0 atom stereocenters. The molecular weight excluding hydrogens is 345 g/mol. The lowest BCUT2D eigenvalue weighted by molar-refractivity contribution is -0.161. The van der Waals surface area contributed by atoms with Crippen molar-refractivity contribution in [3.63, 3.8) is 0 Å². The van der Waals surface area contributed by atoms with Crippen molar-refractivity contribution < 1.29 is 26.4 Å². The summed E-state index contributed by atoms with van der Waals surface area (Å²) in [6.45, 7) is -0.293. The fraction of sp³-hybridized carbons (Fsp3) is 0.533. The van der Waals surface area contributed by atoms with E-state index in [0.29, 0.717) is 17.7 Å². The Labute approximate surface area is 140 Å². The topological polar surface area (TPSA) is 57.7 Å². The molecule has 0 fully saturated rings. The number of halogens is 3. The second-order valence-electron chi connectivity index (χ2n) is 5.36. The summed E-state index contributed by atoms with van der Waals surface area (Å²) in [7, 11) is -2.75. The van der Waals surface area contributed by atoms with Crippen LogP contribution in [0.5, 0.6) is 0 Å². The minimum Gasteiger partial charge on any atom is -0.332 e. The van der Waals surface area contributed by atoms with Crippen molar-refractivity contribution in [1.82, 2.24) is 9.21 Å². The van der Waals surface area contributed by atoms with E-state index in [1.807, 2.05) is 0 Å². The monoisotopic (exact) mass is 366 g/mol. The van der Waals surface area contributed by atoms with Crippen molar-refractivity contribution in [2.24, 2.45) is 0 Å². The van der Waals surface area contributed by atoms with Crippen LogP contribution in [0.1, 0.15) is 19.8 Å². The fourth-order valence-corrected chi connectivity index (χ4v) is 3.15. The highest BCUT2D eigenvalue weighted by atomic mass is 32.2. The van der Waals surface area contributed by atoms with E-state index in [1.54, 1.807) is 13.0 Å². The van der Waals surface area contributed by atoms with Crippen LogP contribution in [0.4, 0.5) is 13.2 Å². The molecule has 24 heavy (non-hydrogen) atoms. The number of amides is 1. The molecule has 0 saturated heterocycles. The van der Waals surface area contributed by atoms with Gasteiger partial charge in [0.05, 0.1) is 11.4 Å². The summed E-state index contributed by atoms with van der Waals surface area (Å²) >= 11 is 0. The van der Waals surface area contributed by atoms with Gasteiger partial charge in [0.25, 0.3) is 0 Å². The molecular formula is C15H21F3N2O3S. The van der Waals surface area contributed by atoms with E-state index in [2.05, 4.69) is 0 Å². The highest BCUT2D eigenvalue weighted by Crippen LogP contribution is 2.18. The van der Waals surface area contributed by atoms with E-state index in [1.165, 1.54) is 31.3 Å². The lowest BCUT2D eigenvalue weighted by atomic mass is 10.3. The molecule has 0 saturated carbocycles. The van der Waals surface area contributed by atoms with Crippen molar-refractivity contribution in [2.45, 2.75) is 30.8 Å². The maximum atomic E-state index is 12.6. The Morgan fingerprint density at radius 3 is 2.25 bits per heavy atom. The maximum Gasteiger partial charge on any atom is 0.406 e. The standard InChI is InChI=1S/C15H21F3N2O3S/c1-3-4-10-20(12-15(16,17)18)14(21)11-19(2)24(22,23)13-8-6-5-7-9-13/h5-9H,3-4,10-12H2,1-2H3. The maximum absolute atomic E-state index is 12.6. The smallest absolute Gasteiger partial charge is 0.332 e. The lowest BCUT2D eigenvalue weighted by Gasteiger charge is -2.26. The van der Waals surface area contributed by atoms with Gasteiger partial charge in [0.15, 0.2) is 0 Å². The summed E-state index contributed by atoms with van der Waals surface area (Å²) in [6.07, 6.45) is -3.49. The summed E-state index contributed by atoms with van der Waals surface area (Å²) in [5, 5.41) is 0. The van der Waals surface area contributed by atoms with Gasteiger partial charge in [0.1, 0.15) is 6.54 Å². The Kier molecular flexibility index (Phi) is 7.22. The van der Waals surface area contributed by atoms with E-state index in [-0.39, 0.29) is 11.4 Å². The van der Waals surface area contributed by atoms with E-state index >= 15 is 0 Å². The van der Waals surface area contributed by atoms with Crippen LogP contribution in [0.3, 0.4) is 0 Å². The van der Waals surface area contributed by atoms with Crippen LogP contribution in [0.25, 0.3) is 0 Å². The van der Waals surface area contributed by atoms with Crippen molar-refractivity contribution in [2.75, 3.05) is 26.7 Å². The van der Waals surface area contributed by atoms with Gasteiger partial charge in [-0.25, -0.2) is 8.42 Å². The third kappa shape index (κ3) is 6.12. The van der Waals surface area contributed by atoms with Crippen LogP contribution in [-0.4, -0.2) is 56.4 Å². The van der Waals surface area contributed by atoms with E-state index in [0.717, 1.165) is 4.31 Å². The second kappa shape index (κ2) is 8.48. The van der Waals surface area contributed by atoms with E-state index in [4.69, 9.17) is 0 Å². The molecule has 1 aromatic rings. The Morgan fingerprint density at radius 1 is 1.17 bits per heavy atom. The summed E-state index contributed by atoms with van der Waals surface area (Å²) in [5.41, 5.74) is 0. The zero-order valence-electron chi connectivity index (χ0n) is 13.6. The first-order valence-corrected chi connectivity index (χ1v) is 8.88. The number of sulfonamides is 1. The predicted octanol–water partition coefficient (Wildman–Crippen LogP) is 2.50. The summed E-state index contributed by atoms with van der Waals surface area (Å²) < 4.78 is 63.2. The van der Waals surface area contributed by atoms with Crippen molar-refractivity contribution in [1.29, 1.82) is 0 Å². The SMILES string of the molecule is CCCCN(CC(F)(F)F)C(=O)CN(C)S(=O)(=O)c1ccccc1. The molecule has 0 aliphatic heterocycles. The average molecular weight is 366 g/mol. The third-order valence-electron chi connectivity index (χ3n) is 3.31. The van der Waals surface area contributed by atoms with Crippen LogP contribution < -0.4 is 0 Å². The minimum absolute atomic E-state index is 0.0174. The number of benzene rings is 1. The normalized spacial score (nSPS) is 12.4. The van der Waals surface area contributed by atoms with Gasteiger partial charge < -0.3 is 4.90 Å². The number of nitrogens with zero attached hydrogens (tertiary/aromatic N) is 2. The molecule has 1 rings (SSSR count). The van der Waals surface area contributed by atoms with E-state index < -0.39 is 35.2 Å². The van der Waals surface area contributed by atoms with Crippen LogP contribution in [0.2, 0.25) is 0 Å². The van der Waals surface area contributed by atoms with Gasteiger partial charge in [-0.15, -0.1) is 0 Å². The molecule has 1 aromatic carbocycles. The van der Waals surface area contributed by atoms with Crippen LogP contribution >= 0.6 is 0 Å². The Hall–Kier alpha value is -1.61. The summed E-state index contributed by atoms with van der Waals surface area (Å²) in [4.78, 5) is 12.8. The van der Waals surface area contributed by atoms with Gasteiger partial charge in [-0.2, -0.15) is 17.5 Å². The Bertz CT molecular complexity index is 633. The van der Waals surface area contributed by atoms with Crippen molar-refractivity contribution in [3.05, 3.63) is 30.3 Å². The van der Waals surface area contributed by atoms with Crippen molar-refractivity contribution >= 4 is 15.9 Å². The molecule has 1 amide bonds. The first-order valence-electron chi connectivity index (χ1n) is 7.44. The second-order valence-corrected chi connectivity index (χ2v) is 7.40. The quantitative estimate of drug-likeness (QED) is 0.710. The van der Waals surface area contributed by atoms with Gasteiger partial charge in [-0.1, -0.05) is 31.5 Å². The summed E-state index contributed by atoms with van der Waals surface area (Å²) in [5.74, 6) is -0.872. The first-order chi connectivity index (χ1) is 11.1. The van der Waals surface area contributed by atoms with Crippen LogP contribution in [-0.2, 0) is 14.8 Å². The highest BCUT2D eigenvalue weighted by Gasteiger charge is 2.34. The molecule has 0 heterocycles. The molecule has 0 N–H and O–H groups in total. The number of rotatable bonds is 8. The Morgan fingerprint density at radius 2 is 1.75 bits per heavy atom. The number of unbranched alkanes of at least 4 members (excludes halogenated alkanes) is 1. The van der Waals surface area contributed by atoms with Gasteiger partial charge >= 0.3 is 6.18 Å². The van der Waals surface area contributed by atoms with Gasteiger partial charge in [0.2, 0.25) is 15.9 Å². The van der Waals surface area contributed by atoms with Gasteiger partial charge in [0, 0.05) is 13.6 Å². The average Bonchev–Trinajstić information content (AvgIpc) is 2.51. The lowest BCUT2D eigenvalue weighted by Crippen LogP contribution is -2.45. The number of carbonyl (C=O) groups is 1. The molecule has 0 radical (unpaired) electrons. The molecule has 0 unspecified atom stereocenters. The zero-order chi connectivity index (χ0) is 18.4.